The number of hydrogen-bond acceptors (Lipinski definition) is 2. The maximum Gasteiger partial charge on any atom is 0.258 e. The molecule has 0 aliphatic heterocycles. The van der Waals surface area contributed by atoms with E-state index >= 15 is 0 Å². The van der Waals surface area contributed by atoms with Crippen LogP contribution >= 0.6 is 0 Å². The molecule has 6 rings (SSSR count). The largest absolute Gasteiger partial charge is 0.484 e. The van der Waals surface area contributed by atoms with E-state index < -0.39 is 0 Å². The lowest BCUT2D eigenvalue weighted by atomic mass is 9.35. The number of ether oxygens (including phenoxy) is 1. The summed E-state index contributed by atoms with van der Waals surface area (Å²) in [5, 5.41) is 3.34. The van der Waals surface area contributed by atoms with Gasteiger partial charge in [-0.2, -0.15) is 0 Å². The van der Waals surface area contributed by atoms with E-state index in [1.165, 1.54) is 128 Å². The quantitative estimate of drug-likeness (QED) is 0.431. The number of rotatable bonds is 6. The predicted octanol–water partition coefficient (Wildman–Crippen LogP) is 8.61. The van der Waals surface area contributed by atoms with Crippen LogP contribution in [-0.4, -0.2) is 18.1 Å². The van der Waals surface area contributed by atoms with Crippen LogP contribution in [0.2, 0.25) is 0 Å². The monoisotopic (exact) mass is 493 g/mol. The molecular weight excluding hydrogens is 442 g/mol. The van der Waals surface area contributed by atoms with E-state index in [2.05, 4.69) is 5.32 Å². The minimum absolute atomic E-state index is 0.0460. The summed E-state index contributed by atoms with van der Waals surface area (Å²) in [4.78, 5) is 12.5. The molecule has 1 amide bonds. The summed E-state index contributed by atoms with van der Waals surface area (Å²) >= 11 is 0. The van der Waals surface area contributed by atoms with Gasteiger partial charge in [0.2, 0.25) is 0 Å². The van der Waals surface area contributed by atoms with Gasteiger partial charge in [-0.15, -0.1) is 0 Å². The fraction of sp³-hybridized carbons (Fsp3) is 0.788. The van der Waals surface area contributed by atoms with Gasteiger partial charge in [0.1, 0.15) is 5.75 Å². The third kappa shape index (κ3) is 6.48. The number of amides is 1. The zero-order chi connectivity index (χ0) is 24.7. The van der Waals surface area contributed by atoms with E-state index in [-0.39, 0.29) is 18.1 Å². The van der Waals surface area contributed by atoms with E-state index in [0.29, 0.717) is 5.41 Å². The molecule has 0 radical (unpaired) electrons. The van der Waals surface area contributed by atoms with Crippen LogP contribution in [-0.2, 0) is 4.79 Å². The van der Waals surface area contributed by atoms with Gasteiger partial charge in [0, 0.05) is 5.54 Å². The zero-order valence-corrected chi connectivity index (χ0v) is 22.8. The first-order valence-electron chi connectivity index (χ1n) is 15.7. The van der Waals surface area contributed by atoms with Gasteiger partial charge >= 0.3 is 0 Å². The molecule has 5 aliphatic rings. The van der Waals surface area contributed by atoms with Crippen molar-refractivity contribution in [3.05, 3.63) is 30.3 Å². The standard InChI is InChI=1S/C33H51NO2/c35-31(23-36-30-21-9-6-10-22-30)34-33-24-32(25-33,26-33)29-19-13-11-17-28(18-12-14-20-29)27-15-7-4-2-1-3-5-8-16-27/h6,9-10,21-22,27-29H,1-5,7-8,11-20,23-26H2,(H,34,35). The fourth-order valence-corrected chi connectivity index (χ4v) is 8.71. The highest BCUT2D eigenvalue weighted by atomic mass is 16.5. The van der Waals surface area contributed by atoms with Crippen LogP contribution < -0.4 is 10.1 Å². The lowest BCUT2D eigenvalue weighted by Gasteiger charge is -2.73. The number of benzene rings is 1. The molecule has 0 heterocycles. The van der Waals surface area contributed by atoms with Crippen LogP contribution in [0.1, 0.15) is 128 Å². The second-order valence-electron chi connectivity index (χ2n) is 13.2. The zero-order valence-electron chi connectivity index (χ0n) is 22.8. The van der Waals surface area contributed by atoms with Gasteiger partial charge in [-0.25, -0.2) is 0 Å². The maximum absolute atomic E-state index is 12.5. The second kappa shape index (κ2) is 12.4. The summed E-state index contributed by atoms with van der Waals surface area (Å²) in [5.41, 5.74) is 0.635. The average Bonchev–Trinajstić information content (AvgIpc) is 2.86. The number of carbonyl (C=O) groups is 1. The smallest absolute Gasteiger partial charge is 0.258 e. The van der Waals surface area contributed by atoms with E-state index in [4.69, 9.17) is 4.74 Å². The van der Waals surface area contributed by atoms with Gasteiger partial charge in [0.25, 0.3) is 5.91 Å². The Kier molecular flexibility index (Phi) is 8.96. The fourth-order valence-electron chi connectivity index (χ4n) is 8.71. The van der Waals surface area contributed by atoms with Crippen LogP contribution in [0, 0.1) is 23.2 Å². The van der Waals surface area contributed by atoms with Crippen LogP contribution in [0.15, 0.2) is 30.3 Å². The first-order chi connectivity index (χ1) is 17.7. The third-order valence-corrected chi connectivity index (χ3v) is 10.5. The minimum atomic E-state index is 0.0460. The molecule has 0 saturated heterocycles. The van der Waals surface area contributed by atoms with Crippen molar-refractivity contribution in [2.24, 2.45) is 23.2 Å². The van der Waals surface area contributed by atoms with E-state index in [0.717, 1.165) is 23.5 Å². The number of hydrogen-bond donors (Lipinski definition) is 1. The Labute approximate surface area is 220 Å². The topological polar surface area (TPSA) is 38.3 Å². The maximum atomic E-state index is 12.5. The summed E-state index contributed by atoms with van der Waals surface area (Å²) in [5.74, 6) is 3.73. The SMILES string of the molecule is O=C(COc1ccccc1)NC12CC(C3CCCCC(C4CCCCCCCCC4)CCCC3)(C1)C2. The molecule has 5 aliphatic carbocycles. The number of nitrogens with one attached hydrogen (secondary N) is 1. The molecule has 0 spiro atoms. The Balaban J connectivity index is 1.04. The van der Waals surface area contributed by atoms with Crippen molar-refractivity contribution in [2.75, 3.05) is 6.61 Å². The highest BCUT2D eigenvalue weighted by molar-refractivity contribution is 5.79. The first-order valence-corrected chi connectivity index (χ1v) is 15.7. The molecular formula is C33H51NO2. The van der Waals surface area contributed by atoms with Gasteiger partial charge < -0.3 is 10.1 Å². The van der Waals surface area contributed by atoms with Crippen molar-refractivity contribution in [3.63, 3.8) is 0 Å². The highest BCUT2D eigenvalue weighted by Crippen LogP contribution is 2.72. The Morgan fingerprint density at radius 3 is 1.72 bits per heavy atom. The number of carbonyl (C=O) groups excluding carboxylic acids is 1. The molecule has 1 aromatic carbocycles. The van der Waals surface area contributed by atoms with Gasteiger partial charge in [0.05, 0.1) is 0 Å². The van der Waals surface area contributed by atoms with Crippen LogP contribution in [0.5, 0.6) is 5.75 Å². The summed E-state index contributed by atoms with van der Waals surface area (Å²) in [6, 6.07) is 9.67. The summed E-state index contributed by atoms with van der Waals surface area (Å²) in [6.45, 7) is 0.129. The molecule has 5 fully saturated rings. The highest BCUT2D eigenvalue weighted by Gasteiger charge is 2.70. The molecule has 3 heteroatoms. The Morgan fingerprint density at radius 2 is 1.17 bits per heavy atom. The van der Waals surface area contributed by atoms with Gasteiger partial charge in [-0.3, -0.25) is 4.79 Å². The van der Waals surface area contributed by atoms with Gasteiger partial charge in [-0.05, 0) is 67.4 Å². The molecule has 2 bridgehead atoms. The summed E-state index contributed by atoms with van der Waals surface area (Å²) in [6.07, 6.45) is 28.7. The average molecular weight is 494 g/mol. The van der Waals surface area contributed by atoms with Crippen molar-refractivity contribution in [1.29, 1.82) is 0 Å². The van der Waals surface area contributed by atoms with Crippen LogP contribution in [0.3, 0.4) is 0 Å². The van der Waals surface area contributed by atoms with E-state index in [1.54, 1.807) is 0 Å². The molecule has 0 aromatic heterocycles. The lowest BCUT2D eigenvalue weighted by Crippen LogP contribution is -2.76. The molecule has 200 valence electrons. The van der Waals surface area contributed by atoms with Crippen LogP contribution in [0.25, 0.3) is 0 Å². The summed E-state index contributed by atoms with van der Waals surface area (Å²) < 4.78 is 5.66. The van der Waals surface area contributed by atoms with Gasteiger partial charge in [0.15, 0.2) is 6.61 Å². The molecule has 1 aromatic rings. The molecule has 0 unspecified atom stereocenters. The minimum Gasteiger partial charge on any atom is -0.484 e. The van der Waals surface area contributed by atoms with Gasteiger partial charge in [-0.1, -0.05) is 115 Å². The van der Waals surface area contributed by atoms with E-state index in [1.807, 2.05) is 30.3 Å². The predicted molar refractivity (Wildman–Crippen MR) is 148 cm³/mol. The van der Waals surface area contributed by atoms with Crippen molar-refractivity contribution in [1.82, 2.24) is 5.32 Å². The molecule has 3 nitrogen and oxygen atoms in total. The molecule has 5 saturated carbocycles. The normalized spacial score (nSPS) is 34.4. The number of para-hydroxylation sites is 1. The van der Waals surface area contributed by atoms with Crippen LogP contribution in [0.4, 0.5) is 0 Å². The first kappa shape index (κ1) is 26.1. The van der Waals surface area contributed by atoms with E-state index in [9.17, 15) is 4.79 Å². The van der Waals surface area contributed by atoms with Crippen molar-refractivity contribution < 1.29 is 9.53 Å². The van der Waals surface area contributed by atoms with Crippen molar-refractivity contribution in [2.45, 2.75) is 134 Å². The Morgan fingerprint density at radius 1 is 0.694 bits per heavy atom. The molecule has 1 N–H and O–H groups in total. The second-order valence-corrected chi connectivity index (χ2v) is 13.2. The van der Waals surface area contributed by atoms with Crippen molar-refractivity contribution >= 4 is 5.91 Å². The Hall–Kier alpha value is -1.51. The third-order valence-electron chi connectivity index (χ3n) is 10.5. The molecule has 36 heavy (non-hydrogen) atoms. The Bertz CT molecular complexity index is 778. The van der Waals surface area contributed by atoms with Crippen molar-refractivity contribution in [3.8, 4) is 5.75 Å². The lowest BCUT2D eigenvalue weighted by molar-refractivity contribution is -0.197. The summed E-state index contributed by atoms with van der Waals surface area (Å²) in [7, 11) is 0. The molecule has 0 atom stereocenters.